The Kier molecular flexibility index (Phi) is 6.15. The van der Waals surface area contributed by atoms with E-state index < -0.39 is 0 Å². The summed E-state index contributed by atoms with van der Waals surface area (Å²) in [5, 5.41) is 3.61. The quantitative estimate of drug-likeness (QED) is 0.751. The number of nitrogens with zero attached hydrogens (tertiary/aromatic N) is 1. The maximum Gasteiger partial charge on any atom is 0.251 e. The molecule has 0 bridgehead atoms. The van der Waals surface area contributed by atoms with E-state index in [9.17, 15) is 4.79 Å². The highest BCUT2D eigenvalue weighted by Crippen LogP contribution is 2.38. The van der Waals surface area contributed by atoms with E-state index in [1.165, 1.54) is 0 Å². The number of nitrogens with one attached hydrogen (secondary N) is 1. The molecule has 0 spiro atoms. The lowest BCUT2D eigenvalue weighted by Crippen LogP contribution is -2.52. The highest BCUT2D eigenvalue weighted by atomic mass is 35.5. The Bertz CT molecular complexity index is 812. The Morgan fingerprint density at radius 1 is 1.14 bits per heavy atom. The van der Waals surface area contributed by atoms with Crippen molar-refractivity contribution >= 4 is 17.5 Å². The van der Waals surface area contributed by atoms with E-state index in [2.05, 4.69) is 16.3 Å². The molecule has 5 nitrogen and oxygen atoms in total. The predicted molar refractivity (Wildman–Crippen MR) is 109 cm³/mol. The highest BCUT2D eigenvalue weighted by molar-refractivity contribution is 6.30. The first-order valence-electron chi connectivity index (χ1n) is 9.83. The van der Waals surface area contributed by atoms with Gasteiger partial charge in [-0.25, -0.2) is 0 Å². The second kappa shape index (κ2) is 8.95. The number of hydrogen-bond donors (Lipinski definition) is 1. The Balaban J connectivity index is 1.23. The van der Waals surface area contributed by atoms with Crippen molar-refractivity contribution < 1.29 is 14.3 Å². The summed E-state index contributed by atoms with van der Waals surface area (Å²) in [7, 11) is 0. The number of benzene rings is 2. The van der Waals surface area contributed by atoms with Crippen LogP contribution >= 0.6 is 11.6 Å². The molecular formula is C22H25ClN2O3. The summed E-state index contributed by atoms with van der Waals surface area (Å²) in [6.07, 6.45) is 2.04. The molecule has 148 valence electrons. The molecule has 0 aliphatic carbocycles. The topological polar surface area (TPSA) is 50.8 Å². The molecule has 1 saturated heterocycles. The second-order valence-electron chi connectivity index (χ2n) is 7.21. The molecule has 2 atom stereocenters. The van der Waals surface area contributed by atoms with Crippen LogP contribution in [0.15, 0.2) is 48.5 Å². The van der Waals surface area contributed by atoms with E-state index in [1.807, 2.05) is 18.2 Å². The number of unbranched alkanes of at least 4 members (excludes halogenated alkanes) is 1. The minimum absolute atomic E-state index is 0.0552. The zero-order chi connectivity index (χ0) is 19.3. The Labute approximate surface area is 170 Å². The van der Waals surface area contributed by atoms with Gasteiger partial charge in [-0.05, 0) is 49.7 Å². The molecule has 2 heterocycles. The number of morpholine rings is 1. The van der Waals surface area contributed by atoms with Gasteiger partial charge in [0.1, 0.15) is 18.5 Å². The van der Waals surface area contributed by atoms with Crippen LogP contribution in [0.25, 0.3) is 0 Å². The number of carbonyl (C=O) groups is 1. The van der Waals surface area contributed by atoms with Gasteiger partial charge in [0.15, 0.2) is 0 Å². The Morgan fingerprint density at radius 2 is 1.96 bits per heavy atom. The first kappa shape index (κ1) is 19.2. The van der Waals surface area contributed by atoms with Crippen molar-refractivity contribution in [3.8, 4) is 5.75 Å². The Hall–Kier alpha value is -2.08. The van der Waals surface area contributed by atoms with Gasteiger partial charge in [-0.1, -0.05) is 29.8 Å². The van der Waals surface area contributed by atoms with Crippen LogP contribution < -0.4 is 10.1 Å². The standard InChI is InChI=1S/C22H25ClN2O3/c23-17-9-7-16(8-10-17)22(26)24-11-3-4-12-25-13-14-27-21-18-5-1-2-6-20(18)28-15-19(21)25/h1-2,5-10,19,21H,3-4,11-15H2,(H,24,26)/t19-,21-/m1/s1. The molecule has 2 aromatic carbocycles. The van der Waals surface area contributed by atoms with Gasteiger partial charge in [-0.3, -0.25) is 9.69 Å². The average Bonchev–Trinajstić information content (AvgIpc) is 2.73. The largest absolute Gasteiger partial charge is 0.491 e. The van der Waals surface area contributed by atoms with E-state index in [1.54, 1.807) is 24.3 Å². The Morgan fingerprint density at radius 3 is 2.82 bits per heavy atom. The van der Waals surface area contributed by atoms with E-state index in [0.717, 1.165) is 43.9 Å². The van der Waals surface area contributed by atoms with Gasteiger partial charge in [-0.2, -0.15) is 0 Å². The van der Waals surface area contributed by atoms with Crippen molar-refractivity contribution in [2.75, 3.05) is 32.8 Å². The van der Waals surface area contributed by atoms with Crippen LogP contribution in [0, 0.1) is 0 Å². The summed E-state index contributed by atoms with van der Waals surface area (Å²) in [5.74, 6) is 0.885. The van der Waals surface area contributed by atoms with Crippen molar-refractivity contribution in [1.82, 2.24) is 10.2 Å². The van der Waals surface area contributed by atoms with Crippen LogP contribution in [-0.4, -0.2) is 49.7 Å². The summed E-state index contributed by atoms with van der Waals surface area (Å²) >= 11 is 5.86. The summed E-state index contributed by atoms with van der Waals surface area (Å²) in [6.45, 7) is 3.97. The molecule has 6 heteroatoms. The number of hydrogen-bond acceptors (Lipinski definition) is 4. The van der Waals surface area contributed by atoms with Crippen molar-refractivity contribution in [2.24, 2.45) is 0 Å². The maximum absolute atomic E-state index is 12.1. The number of rotatable bonds is 6. The van der Waals surface area contributed by atoms with Crippen molar-refractivity contribution in [3.05, 3.63) is 64.7 Å². The van der Waals surface area contributed by atoms with E-state index in [0.29, 0.717) is 23.7 Å². The molecular weight excluding hydrogens is 376 g/mol. The second-order valence-corrected chi connectivity index (χ2v) is 7.65. The monoisotopic (exact) mass is 400 g/mol. The minimum atomic E-state index is -0.0552. The first-order valence-corrected chi connectivity index (χ1v) is 10.2. The summed E-state index contributed by atoms with van der Waals surface area (Å²) in [5.41, 5.74) is 1.79. The fraction of sp³-hybridized carbons (Fsp3) is 0.409. The van der Waals surface area contributed by atoms with E-state index in [-0.39, 0.29) is 18.1 Å². The van der Waals surface area contributed by atoms with Crippen LogP contribution in [0.1, 0.15) is 34.9 Å². The van der Waals surface area contributed by atoms with Crippen LogP contribution in [0.4, 0.5) is 0 Å². The molecule has 2 aliphatic heterocycles. The SMILES string of the molecule is O=C(NCCCCN1CCO[C@@H]2c3ccccc3OC[C@H]21)c1ccc(Cl)cc1. The third-order valence-corrected chi connectivity index (χ3v) is 5.65. The lowest BCUT2D eigenvalue weighted by atomic mass is 9.96. The van der Waals surface area contributed by atoms with Gasteiger partial charge in [0.05, 0.1) is 12.6 Å². The number of amides is 1. The zero-order valence-electron chi connectivity index (χ0n) is 15.8. The molecule has 2 aliphatic rings. The maximum atomic E-state index is 12.1. The zero-order valence-corrected chi connectivity index (χ0v) is 16.5. The van der Waals surface area contributed by atoms with E-state index >= 15 is 0 Å². The molecule has 0 radical (unpaired) electrons. The molecule has 0 unspecified atom stereocenters. The third kappa shape index (κ3) is 4.32. The smallest absolute Gasteiger partial charge is 0.251 e. The molecule has 1 amide bonds. The van der Waals surface area contributed by atoms with Gasteiger partial charge in [0, 0.05) is 29.2 Å². The normalized spacial score (nSPS) is 21.3. The molecule has 1 N–H and O–H groups in total. The fourth-order valence-corrected chi connectivity index (χ4v) is 4.03. The molecule has 1 fully saturated rings. The van der Waals surface area contributed by atoms with Gasteiger partial charge in [-0.15, -0.1) is 0 Å². The van der Waals surface area contributed by atoms with Crippen molar-refractivity contribution in [3.63, 3.8) is 0 Å². The summed E-state index contributed by atoms with van der Waals surface area (Å²) < 4.78 is 12.0. The average molecular weight is 401 g/mol. The van der Waals surface area contributed by atoms with Crippen LogP contribution in [-0.2, 0) is 4.74 Å². The number of carbonyl (C=O) groups excluding carboxylic acids is 1. The van der Waals surface area contributed by atoms with Gasteiger partial charge in [0.25, 0.3) is 5.91 Å². The van der Waals surface area contributed by atoms with Crippen LogP contribution in [0.3, 0.4) is 0 Å². The molecule has 0 aromatic heterocycles. The summed E-state index contributed by atoms with van der Waals surface area (Å²) in [4.78, 5) is 14.6. The number of fused-ring (bicyclic) bond motifs is 3. The van der Waals surface area contributed by atoms with Gasteiger partial charge in [0.2, 0.25) is 0 Å². The number of halogens is 1. The van der Waals surface area contributed by atoms with Gasteiger partial charge < -0.3 is 14.8 Å². The van der Waals surface area contributed by atoms with E-state index in [4.69, 9.17) is 21.1 Å². The highest BCUT2D eigenvalue weighted by Gasteiger charge is 2.38. The number of para-hydroxylation sites is 1. The van der Waals surface area contributed by atoms with Crippen molar-refractivity contribution in [1.29, 1.82) is 0 Å². The molecule has 28 heavy (non-hydrogen) atoms. The first-order chi connectivity index (χ1) is 13.7. The molecule has 2 aromatic rings. The predicted octanol–water partition coefficient (Wildman–Crippen LogP) is 3.68. The third-order valence-electron chi connectivity index (χ3n) is 5.39. The lowest BCUT2D eigenvalue weighted by molar-refractivity contribution is -0.0960. The summed E-state index contributed by atoms with van der Waals surface area (Å²) in [6, 6.07) is 15.4. The minimum Gasteiger partial charge on any atom is -0.491 e. The fourth-order valence-electron chi connectivity index (χ4n) is 3.90. The molecule has 0 saturated carbocycles. The lowest BCUT2D eigenvalue weighted by Gasteiger charge is -2.44. The van der Waals surface area contributed by atoms with Crippen LogP contribution in [0.2, 0.25) is 5.02 Å². The van der Waals surface area contributed by atoms with Crippen molar-refractivity contribution in [2.45, 2.75) is 25.0 Å². The van der Waals surface area contributed by atoms with Gasteiger partial charge >= 0.3 is 0 Å². The molecule has 4 rings (SSSR count). The van der Waals surface area contributed by atoms with Crippen LogP contribution in [0.5, 0.6) is 5.75 Å². The number of ether oxygens (including phenoxy) is 2.